The minimum atomic E-state index is -0.282. The van der Waals surface area contributed by atoms with Crippen LogP contribution in [-0.4, -0.2) is 21.0 Å². The summed E-state index contributed by atoms with van der Waals surface area (Å²) in [6, 6.07) is 2.06. The van der Waals surface area contributed by atoms with Gasteiger partial charge in [0.2, 0.25) is 0 Å². The highest BCUT2D eigenvalue weighted by molar-refractivity contribution is 5.52. The van der Waals surface area contributed by atoms with Crippen LogP contribution < -0.4 is 0 Å². The van der Waals surface area contributed by atoms with E-state index >= 15 is 0 Å². The Hall–Kier alpha value is -1.09. The summed E-state index contributed by atoms with van der Waals surface area (Å²) in [5, 5.41) is 15.6. The fraction of sp³-hybridized carbons (Fsp3) is 0.792. The summed E-state index contributed by atoms with van der Waals surface area (Å²) in [5.74, 6) is 3.33. The van der Waals surface area contributed by atoms with E-state index in [-0.39, 0.29) is 11.5 Å². The monoisotopic (exact) mass is 368 g/mol. The molecule has 0 aromatic carbocycles. The Morgan fingerprint density at radius 1 is 1.07 bits per heavy atom. The second-order valence-corrected chi connectivity index (χ2v) is 10.7. The third kappa shape index (κ3) is 2.53. The van der Waals surface area contributed by atoms with Gasteiger partial charge in [-0.25, -0.2) is 0 Å². The van der Waals surface area contributed by atoms with Crippen LogP contribution in [0.25, 0.3) is 6.08 Å². The van der Waals surface area contributed by atoms with E-state index in [1.54, 1.807) is 0 Å². The number of rotatable bonds is 1. The average Bonchev–Trinajstić information content (AvgIpc) is 3.17. The second-order valence-electron chi connectivity index (χ2n) is 10.7. The molecule has 3 heteroatoms. The lowest BCUT2D eigenvalue weighted by Crippen LogP contribution is -2.53. The molecule has 0 amide bonds. The van der Waals surface area contributed by atoms with Gasteiger partial charge in [0.15, 0.2) is 0 Å². The smallest absolute Gasteiger partial charge is 0.0810 e. The van der Waals surface area contributed by atoms with E-state index in [0.29, 0.717) is 11.3 Å². The SMILES string of the molecule is Cn1nccc1/C=C1/C[C@@H]2[C@H]3CC[C@H]4CCCC[C@]4(C)[C@@H]3CC[C@]2(C)[C@H]1O. The van der Waals surface area contributed by atoms with Gasteiger partial charge in [0.1, 0.15) is 0 Å². The summed E-state index contributed by atoms with van der Waals surface area (Å²) in [6.45, 7) is 5.02. The molecule has 1 aromatic rings. The quantitative estimate of drug-likeness (QED) is 0.739. The van der Waals surface area contributed by atoms with E-state index in [2.05, 4.69) is 31.1 Å². The highest BCUT2D eigenvalue weighted by Gasteiger charge is 2.60. The molecule has 5 rings (SSSR count). The molecule has 4 aliphatic rings. The van der Waals surface area contributed by atoms with Crippen molar-refractivity contribution in [1.82, 2.24) is 9.78 Å². The number of aryl methyl sites for hydroxylation is 1. The molecule has 0 unspecified atom stereocenters. The van der Waals surface area contributed by atoms with Gasteiger partial charge in [0, 0.05) is 18.7 Å². The molecule has 27 heavy (non-hydrogen) atoms. The zero-order valence-corrected chi connectivity index (χ0v) is 17.3. The molecule has 4 fully saturated rings. The zero-order valence-electron chi connectivity index (χ0n) is 17.3. The molecule has 0 bridgehead atoms. The fourth-order valence-electron chi connectivity index (χ4n) is 8.01. The minimum Gasteiger partial charge on any atom is -0.388 e. The van der Waals surface area contributed by atoms with Gasteiger partial charge in [0.05, 0.1) is 11.8 Å². The van der Waals surface area contributed by atoms with Crippen LogP contribution in [0.15, 0.2) is 17.8 Å². The summed E-state index contributed by atoms with van der Waals surface area (Å²) < 4.78 is 1.92. The van der Waals surface area contributed by atoms with Gasteiger partial charge in [-0.05, 0) is 91.7 Å². The number of hydrogen-bond donors (Lipinski definition) is 1. The molecule has 0 aliphatic heterocycles. The van der Waals surface area contributed by atoms with Gasteiger partial charge < -0.3 is 5.11 Å². The lowest BCUT2D eigenvalue weighted by Gasteiger charge is -2.60. The molecule has 1 aromatic heterocycles. The normalized spacial score (nSPS) is 48.1. The molecular weight excluding hydrogens is 332 g/mol. The first kappa shape index (κ1) is 18.0. The highest BCUT2D eigenvalue weighted by Crippen LogP contribution is 2.66. The summed E-state index contributed by atoms with van der Waals surface area (Å²) in [5.41, 5.74) is 3.01. The number of fused-ring (bicyclic) bond motifs is 5. The molecule has 7 atom stereocenters. The molecule has 1 N–H and O–H groups in total. The number of aromatic nitrogens is 2. The first-order valence-corrected chi connectivity index (χ1v) is 11.3. The predicted octanol–water partition coefficient (Wildman–Crippen LogP) is 5.21. The molecule has 0 saturated heterocycles. The molecule has 0 radical (unpaired) electrons. The Labute approximate surface area is 164 Å². The van der Waals surface area contributed by atoms with Gasteiger partial charge in [-0.2, -0.15) is 5.10 Å². The van der Waals surface area contributed by atoms with Crippen LogP contribution in [0.5, 0.6) is 0 Å². The van der Waals surface area contributed by atoms with E-state index < -0.39 is 0 Å². The lowest BCUT2D eigenvalue weighted by molar-refractivity contribution is -0.119. The van der Waals surface area contributed by atoms with Crippen LogP contribution in [0.1, 0.15) is 77.3 Å². The van der Waals surface area contributed by atoms with Gasteiger partial charge in [0.25, 0.3) is 0 Å². The molecule has 148 valence electrons. The Kier molecular flexibility index (Phi) is 4.13. The standard InChI is InChI=1S/C24H36N2O/c1-23-11-5-4-6-17(23)7-8-19-20(23)9-12-24(2)21(19)15-16(22(24)27)14-18-10-13-25-26(18)3/h10,13-14,17,19-22,27H,4-9,11-12,15H2,1-3H3/b16-14-/t17-,19+,20-,21-,22+,23+,24+/m1/s1. The van der Waals surface area contributed by atoms with Gasteiger partial charge in [-0.3, -0.25) is 4.68 Å². The van der Waals surface area contributed by atoms with Crippen LogP contribution >= 0.6 is 0 Å². The van der Waals surface area contributed by atoms with Gasteiger partial charge in [-0.15, -0.1) is 0 Å². The summed E-state index contributed by atoms with van der Waals surface area (Å²) in [7, 11) is 1.99. The largest absolute Gasteiger partial charge is 0.388 e. The molecule has 1 heterocycles. The zero-order chi connectivity index (χ0) is 18.8. The van der Waals surface area contributed by atoms with Gasteiger partial charge >= 0.3 is 0 Å². The van der Waals surface area contributed by atoms with Crippen LogP contribution in [0.4, 0.5) is 0 Å². The van der Waals surface area contributed by atoms with Crippen molar-refractivity contribution in [3.8, 4) is 0 Å². The molecular formula is C24H36N2O. The van der Waals surface area contributed by atoms with E-state index in [1.807, 2.05) is 17.9 Å². The lowest BCUT2D eigenvalue weighted by atomic mass is 9.45. The van der Waals surface area contributed by atoms with E-state index in [1.165, 1.54) is 56.9 Å². The average molecular weight is 369 g/mol. The van der Waals surface area contributed by atoms with Crippen molar-refractivity contribution in [2.45, 2.75) is 77.7 Å². The molecule has 3 nitrogen and oxygen atoms in total. The van der Waals surface area contributed by atoms with Crippen LogP contribution in [0, 0.1) is 34.5 Å². The maximum Gasteiger partial charge on any atom is 0.0810 e. The van der Waals surface area contributed by atoms with E-state index in [4.69, 9.17) is 0 Å². The van der Waals surface area contributed by atoms with E-state index in [9.17, 15) is 5.11 Å². The summed E-state index contributed by atoms with van der Waals surface area (Å²) >= 11 is 0. The second kappa shape index (κ2) is 6.20. The first-order chi connectivity index (χ1) is 12.9. The van der Waals surface area contributed by atoms with Crippen molar-refractivity contribution in [3.05, 3.63) is 23.5 Å². The highest BCUT2D eigenvalue weighted by atomic mass is 16.3. The number of aliphatic hydroxyl groups is 1. The number of hydrogen-bond acceptors (Lipinski definition) is 2. The Morgan fingerprint density at radius 2 is 1.93 bits per heavy atom. The third-order valence-corrected chi connectivity index (χ3v) is 9.64. The van der Waals surface area contributed by atoms with Crippen molar-refractivity contribution in [1.29, 1.82) is 0 Å². The maximum absolute atomic E-state index is 11.3. The van der Waals surface area contributed by atoms with Crippen molar-refractivity contribution < 1.29 is 5.11 Å². The molecule has 4 aliphatic carbocycles. The first-order valence-electron chi connectivity index (χ1n) is 11.3. The summed E-state index contributed by atoms with van der Waals surface area (Å²) in [6.07, 6.45) is 16.1. The van der Waals surface area contributed by atoms with Crippen molar-refractivity contribution >= 4 is 6.08 Å². The Balaban J connectivity index is 1.47. The number of aliphatic hydroxyl groups excluding tert-OH is 1. The van der Waals surface area contributed by atoms with Crippen LogP contribution in [0.3, 0.4) is 0 Å². The topological polar surface area (TPSA) is 38.0 Å². The Morgan fingerprint density at radius 3 is 2.70 bits per heavy atom. The fourth-order valence-corrected chi connectivity index (χ4v) is 8.01. The predicted molar refractivity (Wildman–Crippen MR) is 109 cm³/mol. The maximum atomic E-state index is 11.3. The van der Waals surface area contributed by atoms with Crippen molar-refractivity contribution in [3.63, 3.8) is 0 Å². The van der Waals surface area contributed by atoms with Crippen molar-refractivity contribution in [2.24, 2.45) is 41.5 Å². The van der Waals surface area contributed by atoms with Crippen molar-refractivity contribution in [2.75, 3.05) is 0 Å². The number of nitrogens with zero attached hydrogens (tertiary/aromatic N) is 2. The Bertz CT molecular complexity index is 751. The third-order valence-electron chi connectivity index (χ3n) is 9.64. The molecule has 4 saturated carbocycles. The van der Waals surface area contributed by atoms with Crippen LogP contribution in [-0.2, 0) is 7.05 Å². The van der Waals surface area contributed by atoms with E-state index in [0.717, 1.165) is 29.9 Å². The van der Waals surface area contributed by atoms with Gasteiger partial charge in [-0.1, -0.05) is 26.7 Å². The molecule has 0 spiro atoms. The minimum absolute atomic E-state index is 0.0729. The summed E-state index contributed by atoms with van der Waals surface area (Å²) in [4.78, 5) is 0. The van der Waals surface area contributed by atoms with Crippen LogP contribution in [0.2, 0.25) is 0 Å².